The van der Waals surface area contributed by atoms with Crippen molar-refractivity contribution in [1.29, 1.82) is 0 Å². The molecule has 0 aliphatic heterocycles. The first-order chi connectivity index (χ1) is 7.72. The maximum absolute atomic E-state index is 5.98. The van der Waals surface area contributed by atoms with Gasteiger partial charge >= 0.3 is 0 Å². The summed E-state index contributed by atoms with van der Waals surface area (Å²) in [7, 11) is 3.57. The maximum atomic E-state index is 5.98. The minimum Gasteiger partial charge on any atom is -0.382 e. The third kappa shape index (κ3) is 5.25. The van der Waals surface area contributed by atoms with Crippen molar-refractivity contribution in [2.75, 3.05) is 26.9 Å². The van der Waals surface area contributed by atoms with Gasteiger partial charge in [0, 0.05) is 33.0 Å². The molecule has 5 heteroatoms. The Morgan fingerprint density at radius 3 is 2.88 bits per heavy atom. The van der Waals surface area contributed by atoms with Crippen LogP contribution in [0.15, 0.2) is 12.4 Å². The van der Waals surface area contributed by atoms with Crippen LogP contribution in [0.2, 0.25) is 0 Å². The van der Waals surface area contributed by atoms with Crippen LogP contribution in [-0.4, -0.2) is 42.8 Å². The highest BCUT2D eigenvalue weighted by Crippen LogP contribution is 2.02. The summed E-state index contributed by atoms with van der Waals surface area (Å²) in [6, 6.07) is 0.131. The van der Waals surface area contributed by atoms with Crippen LogP contribution in [0.1, 0.15) is 12.0 Å². The molecule has 1 heterocycles. The van der Waals surface area contributed by atoms with Gasteiger partial charge in [0.1, 0.15) is 0 Å². The number of aromatic nitrogens is 2. The Bertz CT molecular complexity index is 289. The molecule has 1 aromatic rings. The Hall–Kier alpha value is -0.910. The fourth-order valence-corrected chi connectivity index (χ4v) is 1.46. The highest BCUT2D eigenvalue weighted by molar-refractivity contribution is 5.05. The monoisotopic (exact) mass is 227 g/mol. The molecule has 5 nitrogen and oxygen atoms in total. The number of nitrogens with two attached hydrogens (primary N) is 1. The number of ether oxygens (including phenoxy) is 2. The summed E-state index contributed by atoms with van der Waals surface area (Å²) in [6.07, 6.45) is 5.55. The summed E-state index contributed by atoms with van der Waals surface area (Å²) in [5.74, 6) is 0. The molecule has 1 rings (SSSR count). The first-order valence-corrected chi connectivity index (χ1v) is 5.52. The second-order valence-electron chi connectivity index (χ2n) is 3.88. The number of rotatable bonds is 8. The van der Waals surface area contributed by atoms with Crippen LogP contribution in [-0.2, 0) is 22.9 Å². The summed E-state index contributed by atoms with van der Waals surface area (Å²) in [5, 5.41) is 4.10. The lowest BCUT2D eigenvalue weighted by Crippen LogP contribution is -2.24. The summed E-state index contributed by atoms with van der Waals surface area (Å²) >= 11 is 0. The molecular weight excluding hydrogens is 206 g/mol. The fraction of sp³-hybridized carbons (Fsp3) is 0.727. The molecule has 0 saturated carbocycles. The van der Waals surface area contributed by atoms with Crippen molar-refractivity contribution in [3.8, 4) is 0 Å². The summed E-state index contributed by atoms with van der Waals surface area (Å²) < 4.78 is 12.0. The van der Waals surface area contributed by atoms with Gasteiger partial charge in [0.25, 0.3) is 0 Å². The molecule has 0 aliphatic rings. The minimum atomic E-state index is 0.131. The Kier molecular flexibility index (Phi) is 6.07. The van der Waals surface area contributed by atoms with Crippen LogP contribution in [0, 0.1) is 0 Å². The minimum absolute atomic E-state index is 0.131. The molecular formula is C11H21N3O2. The van der Waals surface area contributed by atoms with E-state index in [2.05, 4.69) is 5.10 Å². The van der Waals surface area contributed by atoms with Crippen LogP contribution >= 0.6 is 0 Å². The highest BCUT2D eigenvalue weighted by Gasteiger charge is 2.05. The summed E-state index contributed by atoms with van der Waals surface area (Å²) in [6.45, 7) is 1.96. The van der Waals surface area contributed by atoms with Gasteiger partial charge in [0.05, 0.1) is 19.4 Å². The van der Waals surface area contributed by atoms with Crippen molar-refractivity contribution < 1.29 is 9.47 Å². The van der Waals surface area contributed by atoms with E-state index < -0.39 is 0 Å². The number of nitrogens with zero attached hydrogens (tertiary/aromatic N) is 2. The largest absolute Gasteiger partial charge is 0.382 e. The highest BCUT2D eigenvalue weighted by atomic mass is 16.5. The summed E-state index contributed by atoms with van der Waals surface area (Å²) in [4.78, 5) is 0. The fourth-order valence-electron chi connectivity index (χ4n) is 1.46. The molecule has 0 spiro atoms. The van der Waals surface area contributed by atoms with Crippen molar-refractivity contribution in [3.05, 3.63) is 18.0 Å². The van der Waals surface area contributed by atoms with Gasteiger partial charge in [0.15, 0.2) is 0 Å². The second kappa shape index (κ2) is 7.38. The zero-order chi connectivity index (χ0) is 11.8. The smallest absolute Gasteiger partial charge is 0.0700 e. The van der Waals surface area contributed by atoms with Gasteiger partial charge in [-0.2, -0.15) is 5.10 Å². The average molecular weight is 227 g/mol. The van der Waals surface area contributed by atoms with E-state index >= 15 is 0 Å². The Balaban J connectivity index is 2.09. The molecule has 92 valence electrons. The average Bonchev–Trinajstić information content (AvgIpc) is 2.63. The molecule has 2 N–H and O–H groups in total. The third-order valence-electron chi connectivity index (χ3n) is 2.32. The van der Waals surface area contributed by atoms with Crippen molar-refractivity contribution in [1.82, 2.24) is 9.78 Å². The van der Waals surface area contributed by atoms with E-state index in [1.54, 1.807) is 11.8 Å². The van der Waals surface area contributed by atoms with Gasteiger partial charge in [-0.25, -0.2) is 0 Å². The number of hydrogen-bond acceptors (Lipinski definition) is 4. The molecule has 0 fully saturated rings. The normalized spacial score (nSPS) is 12.9. The van der Waals surface area contributed by atoms with Crippen LogP contribution in [0.4, 0.5) is 0 Å². The number of hydrogen-bond donors (Lipinski definition) is 1. The van der Waals surface area contributed by atoms with Gasteiger partial charge in [-0.1, -0.05) is 0 Å². The van der Waals surface area contributed by atoms with Crippen molar-refractivity contribution in [3.63, 3.8) is 0 Å². The predicted molar refractivity (Wildman–Crippen MR) is 62.2 cm³/mol. The maximum Gasteiger partial charge on any atom is 0.0700 e. The lowest BCUT2D eigenvalue weighted by Gasteiger charge is -2.10. The molecule has 0 saturated heterocycles. The van der Waals surface area contributed by atoms with E-state index in [1.165, 1.54) is 5.56 Å². The second-order valence-corrected chi connectivity index (χ2v) is 3.88. The van der Waals surface area contributed by atoms with Crippen LogP contribution in [0.5, 0.6) is 0 Å². The molecule has 16 heavy (non-hydrogen) atoms. The first-order valence-electron chi connectivity index (χ1n) is 5.52. The molecule has 0 aromatic carbocycles. The lowest BCUT2D eigenvalue weighted by atomic mass is 10.1. The number of aryl methyl sites for hydroxylation is 1. The van der Waals surface area contributed by atoms with E-state index in [0.717, 1.165) is 12.8 Å². The van der Waals surface area contributed by atoms with E-state index in [0.29, 0.717) is 19.8 Å². The standard InChI is InChI=1S/C11H21N3O2/c1-14-9-10(8-13-14)7-11(12)3-4-16-6-5-15-2/h8-9,11H,3-7,12H2,1-2H3. The summed E-state index contributed by atoms with van der Waals surface area (Å²) in [5.41, 5.74) is 7.15. The molecule has 0 bridgehead atoms. The number of methoxy groups -OCH3 is 1. The molecule has 0 amide bonds. The SMILES string of the molecule is COCCOCCC(N)Cc1cnn(C)c1. The Morgan fingerprint density at radius 1 is 1.44 bits per heavy atom. The van der Waals surface area contributed by atoms with Crippen LogP contribution in [0.25, 0.3) is 0 Å². The molecule has 1 atom stereocenters. The molecule has 1 unspecified atom stereocenters. The quantitative estimate of drug-likeness (QED) is 0.651. The van der Waals surface area contributed by atoms with Crippen molar-refractivity contribution in [2.45, 2.75) is 18.9 Å². The van der Waals surface area contributed by atoms with Gasteiger partial charge in [0.2, 0.25) is 0 Å². The van der Waals surface area contributed by atoms with Gasteiger partial charge in [-0.3, -0.25) is 4.68 Å². The van der Waals surface area contributed by atoms with Gasteiger partial charge in [-0.05, 0) is 18.4 Å². The zero-order valence-electron chi connectivity index (χ0n) is 10.1. The molecule has 0 radical (unpaired) electrons. The van der Waals surface area contributed by atoms with E-state index in [4.69, 9.17) is 15.2 Å². The zero-order valence-corrected chi connectivity index (χ0v) is 10.1. The first kappa shape index (κ1) is 13.2. The van der Waals surface area contributed by atoms with Crippen LogP contribution < -0.4 is 5.73 Å². The van der Waals surface area contributed by atoms with Crippen molar-refractivity contribution >= 4 is 0 Å². The van der Waals surface area contributed by atoms with Gasteiger partial charge < -0.3 is 15.2 Å². The van der Waals surface area contributed by atoms with E-state index in [-0.39, 0.29) is 6.04 Å². The van der Waals surface area contributed by atoms with Crippen LogP contribution in [0.3, 0.4) is 0 Å². The van der Waals surface area contributed by atoms with Gasteiger partial charge in [-0.15, -0.1) is 0 Å². The topological polar surface area (TPSA) is 62.3 Å². The van der Waals surface area contributed by atoms with E-state index in [1.807, 2.05) is 19.4 Å². The third-order valence-corrected chi connectivity index (χ3v) is 2.32. The Morgan fingerprint density at radius 2 is 2.25 bits per heavy atom. The molecule has 0 aliphatic carbocycles. The molecule has 1 aromatic heterocycles. The van der Waals surface area contributed by atoms with E-state index in [9.17, 15) is 0 Å². The van der Waals surface area contributed by atoms with Crippen molar-refractivity contribution in [2.24, 2.45) is 12.8 Å². The lowest BCUT2D eigenvalue weighted by molar-refractivity contribution is 0.0672. The Labute approximate surface area is 96.5 Å². The predicted octanol–water partition coefficient (Wildman–Crippen LogP) is 0.343.